The summed E-state index contributed by atoms with van der Waals surface area (Å²) in [4.78, 5) is 16.1. The second kappa shape index (κ2) is 6.77. The van der Waals surface area contributed by atoms with E-state index in [1.165, 1.54) is 0 Å². The molecule has 0 aliphatic carbocycles. The number of benzene rings is 2. The van der Waals surface area contributed by atoms with E-state index in [0.29, 0.717) is 17.7 Å². The van der Waals surface area contributed by atoms with Gasteiger partial charge in [-0.15, -0.1) is 0 Å². The molecule has 0 N–H and O–H groups in total. The molecule has 0 saturated carbocycles. The van der Waals surface area contributed by atoms with Crippen LogP contribution in [0.15, 0.2) is 48.5 Å². The van der Waals surface area contributed by atoms with Crippen LogP contribution in [0.1, 0.15) is 21.5 Å². The fourth-order valence-corrected chi connectivity index (χ4v) is 2.19. The maximum atomic E-state index is 12.4. The van der Waals surface area contributed by atoms with Crippen LogP contribution < -0.4 is 4.90 Å². The lowest BCUT2D eigenvalue weighted by atomic mass is 10.1. The Balaban J connectivity index is 2.09. The lowest BCUT2D eigenvalue weighted by molar-refractivity contribution is 0.0785. The zero-order chi connectivity index (χ0) is 16.1. The van der Waals surface area contributed by atoms with Gasteiger partial charge in [0.25, 0.3) is 5.91 Å². The Morgan fingerprint density at radius 2 is 1.77 bits per heavy atom. The zero-order valence-corrected chi connectivity index (χ0v) is 13.1. The molecule has 22 heavy (non-hydrogen) atoms. The van der Waals surface area contributed by atoms with Gasteiger partial charge < -0.3 is 9.80 Å². The lowest BCUT2D eigenvalue weighted by Gasteiger charge is -2.18. The van der Waals surface area contributed by atoms with Crippen LogP contribution in [0.3, 0.4) is 0 Å². The molecular formula is C18H19N3O. The summed E-state index contributed by atoms with van der Waals surface area (Å²) in [7, 11) is 5.75. The summed E-state index contributed by atoms with van der Waals surface area (Å²) in [6.07, 6.45) is 0. The van der Waals surface area contributed by atoms with Crippen LogP contribution in [0, 0.1) is 11.3 Å². The molecule has 0 radical (unpaired) electrons. The van der Waals surface area contributed by atoms with Crippen LogP contribution in [0.25, 0.3) is 0 Å². The van der Waals surface area contributed by atoms with Crippen LogP contribution in [0.4, 0.5) is 5.69 Å². The molecule has 4 heteroatoms. The molecule has 2 aromatic rings. The molecule has 0 atom stereocenters. The van der Waals surface area contributed by atoms with Crippen molar-refractivity contribution in [2.24, 2.45) is 0 Å². The summed E-state index contributed by atoms with van der Waals surface area (Å²) in [6.45, 7) is 0.531. The van der Waals surface area contributed by atoms with Crippen molar-refractivity contribution in [3.63, 3.8) is 0 Å². The van der Waals surface area contributed by atoms with Crippen molar-refractivity contribution in [1.82, 2.24) is 4.90 Å². The average molecular weight is 293 g/mol. The third-order valence-electron chi connectivity index (χ3n) is 3.46. The van der Waals surface area contributed by atoms with Crippen LogP contribution in [-0.2, 0) is 6.54 Å². The van der Waals surface area contributed by atoms with E-state index in [4.69, 9.17) is 5.26 Å². The van der Waals surface area contributed by atoms with Crippen LogP contribution >= 0.6 is 0 Å². The number of rotatable bonds is 4. The van der Waals surface area contributed by atoms with Gasteiger partial charge in [0.15, 0.2) is 0 Å². The largest absolute Gasteiger partial charge is 0.378 e. The van der Waals surface area contributed by atoms with Crippen molar-refractivity contribution in [3.05, 3.63) is 65.2 Å². The van der Waals surface area contributed by atoms with Crippen molar-refractivity contribution < 1.29 is 4.79 Å². The minimum Gasteiger partial charge on any atom is -0.378 e. The standard InChI is InChI=1S/C18H19N3O/c1-20(2)17-9-7-14(8-10-17)13-21(3)18(22)16-6-4-5-15(11-16)12-19/h4-11H,13H2,1-3H3. The third-order valence-corrected chi connectivity index (χ3v) is 3.46. The van der Waals surface area contributed by atoms with E-state index in [1.54, 1.807) is 36.2 Å². The number of carbonyl (C=O) groups excluding carboxylic acids is 1. The topological polar surface area (TPSA) is 47.3 Å². The van der Waals surface area contributed by atoms with Gasteiger partial charge in [-0.3, -0.25) is 4.79 Å². The molecule has 0 aliphatic rings. The molecule has 4 nitrogen and oxygen atoms in total. The average Bonchev–Trinajstić information content (AvgIpc) is 2.54. The molecule has 0 spiro atoms. The van der Waals surface area contributed by atoms with E-state index < -0.39 is 0 Å². The molecule has 112 valence electrons. The number of amides is 1. The molecular weight excluding hydrogens is 274 g/mol. The first-order valence-corrected chi connectivity index (χ1v) is 7.03. The normalized spacial score (nSPS) is 9.91. The van der Waals surface area contributed by atoms with Gasteiger partial charge in [-0.05, 0) is 35.9 Å². The minimum absolute atomic E-state index is 0.0891. The summed E-state index contributed by atoms with van der Waals surface area (Å²) in [6, 6.07) is 16.9. The van der Waals surface area contributed by atoms with Crippen LogP contribution in [-0.4, -0.2) is 32.0 Å². The molecule has 2 rings (SSSR count). The first kappa shape index (κ1) is 15.6. The molecule has 0 heterocycles. The Kier molecular flexibility index (Phi) is 4.80. The Bertz CT molecular complexity index is 699. The predicted molar refractivity (Wildman–Crippen MR) is 87.7 cm³/mol. The minimum atomic E-state index is -0.0891. The van der Waals surface area contributed by atoms with E-state index >= 15 is 0 Å². The molecule has 0 bridgehead atoms. The van der Waals surface area contributed by atoms with E-state index in [0.717, 1.165) is 11.3 Å². The summed E-state index contributed by atoms with van der Waals surface area (Å²) < 4.78 is 0. The van der Waals surface area contributed by atoms with E-state index in [2.05, 4.69) is 6.07 Å². The summed E-state index contributed by atoms with van der Waals surface area (Å²) in [5.74, 6) is -0.0891. The highest BCUT2D eigenvalue weighted by atomic mass is 16.2. The highest BCUT2D eigenvalue weighted by Gasteiger charge is 2.12. The fourth-order valence-electron chi connectivity index (χ4n) is 2.19. The van der Waals surface area contributed by atoms with Crippen LogP contribution in [0.2, 0.25) is 0 Å². The molecule has 0 saturated heterocycles. The first-order chi connectivity index (χ1) is 10.5. The summed E-state index contributed by atoms with van der Waals surface area (Å²) in [5, 5.41) is 8.91. The van der Waals surface area contributed by atoms with E-state index in [1.807, 2.05) is 43.3 Å². The maximum Gasteiger partial charge on any atom is 0.253 e. The molecule has 0 aromatic heterocycles. The van der Waals surface area contributed by atoms with E-state index in [-0.39, 0.29) is 5.91 Å². The molecule has 1 amide bonds. The molecule has 2 aromatic carbocycles. The Hall–Kier alpha value is -2.80. The Labute approximate surface area is 131 Å². The van der Waals surface area contributed by atoms with Crippen molar-refractivity contribution >= 4 is 11.6 Å². The van der Waals surface area contributed by atoms with Gasteiger partial charge in [0.05, 0.1) is 11.6 Å². The number of hydrogen-bond acceptors (Lipinski definition) is 3. The van der Waals surface area contributed by atoms with Gasteiger partial charge in [-0.1, -0.05) is 18.2 Å². The number of carbonyl (C=O) groups is 1. The Morgan fingerprint density at radius 1 is 1.09 bits per heavy atom. The van der Waals surface area contributed by atoms with Gasteiger partial charge in [0.1, 0.15) is 0 Å². The number of nitrogens with zero attached hydrogens (tertiary/aromatic N) is 3. The first-order valence-electron chi connectivity index (χ1n) is 7.03. The van der Waals surface area contributed by atoms with Crippen molar-refractivity contribution in [2.45, 2.75) is 6.54 Å². The van der Waals surface area contributed by atoms with Gasteiger partial charge in [-0.2, -0.15) is 5.26 Å². The predicted octanol–water partition coefficient (Wildman–Crippen LogP) is 2.90. The Morgan fingerprint density at radius 3 is 2.36 bits per heavy atom. The molecule has 0 aliphatic heterocycles. The van der Waals surface area contributed by atoms with Crippen molar-refractivity contribution in [3.8, 4) is 6.07 Å². The second-order valence-corrected chi connectivity index (χ2v) is 5.41. The van der Waals surface area contributed by atoms with Crippen molar-refractivity contribution in [2.75, 3.05) is 26.0 Å². The van der Waals surface area contributed by atoms with Crippen molar-refractivity contribution in [1.29, 1.82) is 5.26 Å². The summed E-state index contributed by atoms with van der Waals surface area (Å²) >= 11 is 0. The monoisotopic (exact) mass is 293 g/mol. The molecule has 0 unspecified atom stereocenters. The zero-order valence-electron chi connectivity index (χ0n) is 13.1. The van der Waals surface area contributed by atoms with Gasteiger partial charge >= 0.3 is 0 Å². The molecule has 0 fully saturated rings. The number of hydrogen-bond donors (Lipinski definition) is 0. The number of nitriles is 1. The maximum absolute atomic E-state index is 12.4. The second-order valence-electron chi connectivity index (χ2n) is 5.41. The fraction of sp³-hybridized carbons (Fsp3) is 0.222. The highest BCUT2D eigenvalue weighted by Crippen LogP contribution is 2.15. The van der Waals surface area contributed by atoms with Gasteiger partial charge in [-0.25, -0.2) is 0 Å². The van der Waals surface area contributed by atoms with Crippen LogP contribution in [0.5, 0.6) is 0 Å². The lowest BCUT2D eigenvalue weighted by Crippen LogP contribution is -2.26. The van der Waals surface area contributed by atoms with Gasteiger partial charge in [0.2, 0.25) is 0 Å². The highest BCUT2D eigenvalue weighted by molar-refractivity contribution is 5.94. The SMILES string of the molecule is CN(Cc1ccc(N(C)C)cc1)C(=O)c1cccc(C#N)c1. The quantitative estimate of drug-likeness (QED) is 0.871. The summed E-state index contributed by atoms with van der Waals surface area (Å²) in [5.41, 5.74) is 3.22. The smallest absolute Gasteiger partial charge is 0.253 e. The van der Waals surface area contributed by atoms with E-state index in [9.17, 15) is 4.79 Å². The third kappa shape index (κ3) is 3.64. The number of anilines is 1. The van der Waals surface area contributed by atoms with Gasteiger partial charge in [0, 0.05) is 38.9 Å².